The topological polar surface area (TPSA) is 63.8 Å². The van der Waals surface area contributed by atoms with E-state index in [0.29, 0.717) is 0 Å². The summed E-state index contributed by atoms with van der Waals surface area (Å²) in [4.78, 5) is 0. The molecule has 0 saturated heterocycles. The fourth-order valence-electron chi connectivity index (χ4n) is 1.33. The molecule has 60 valence electrons. The fraction of sp³-hybridized carbons (Fsp3) is 0.833. The molecule has 1 aromatic rings. The number of aromatic nitrogens is 4. The first-order valence-electron chi connectivity index (χ1n) is 3.69. The molecule has 1 saturated carbocycles. The summed E-state index contributed by atoms with van der Waals surface area (Å²) in [5, 5.41) is 20.3. The van der Waals surface area contributed by atoms with Crippen molar-refractivity contribution in [2.75, 3.05) is 0 Å². The van der Waals surface area contributed by atoms with Gasteiger partial charge in [-0.1, -0.05) is 0 Å². The number of aliphatic hydroxyl groups excluding tert-OH is 1. The second-order valence-corrected chi connectivity index (χ2v) is 2.91. The average molecular weight is 154 g/mol. The molecule has 1 aliphatic carbocycles. The lowest BCUT2D eigenvalue weighted by atomic mass is 9.81. The minimum Gasteiger partial charge on any atom is -0.392 e. The smallest absolute Gasteiger partial charge is 0.156 e. The van der Waals surface area contributed by atoms with Crippen molar-refractivity contribution in [2.45, 2.75) is 24.9 Å². The predicted molar refractivity (Wildman–Crippen MR) is 36.8 cm³/mol. The van der Waals surface area contributed by atoms with Crippen molar-refractivity contribution in [1.82, 2.24) is 20.2 Å². The van der Waals surface area contributed by atoms with Crippen molar-refractivity contribution in [3.05, 3.63) is 5.82 Å². The summed E-state index contributed by atoms with van der Waals surface area (Å²) in [5.41, 5.74) is 0. The van der Waals surface area contributed by atoms with Crippen molar-refractivity contribution < 1.29 is 5.11 Å². The molecule has 11 heavy (non-hydrogen) atoms. The number of aryl methyl sites for hydroxylation is 1. The molecule has 0 amide bonds. The van der Waals surface area contributed by atoms with Crippen LogP contribution in [0.2, 0.25) is 0 Å². The molecule has 2 rings (SSSR count). The molecule has 0 aliphatic heterocycles. The molecule has 1 aliphatic rings. The van der Waals surface area contributed by atoms with Gasteiger partial charge in [0.15, 0.2) is 5.82 Å². The summed E-state index contributed by atoms with van der Waals surface area (Å²) in [6.07, 6.45) is 1.63. The van der Waals surface area contributed by atoms with E-state index < -0.39 is 0 Å². The van der Waals surface area contributed by atoms with Gasteiger partial charge >= 0.3 is 0 Å². The van der Waals surface area contributed by atoms with Gasteiger partial charge in [0.25, 0.3) is 0 Å². The highest BCUT2D eigenvalue weighted by Crippen LogP contribution is 2.34. The molecule has 1 fully saturated rings. The highest BCUT2D eigenvalue weighted by molar-refractivity contribution is 5.03. The Labute approximate surface area is 64.0 Å². The zero-order chi connectivity index (χ0) is 7.84. The van der Waals surface area contributed by atoms with E-state index in [1.807, 2.05) is 0 Å². The Morgan fingerprint density at radius 1 is 1.55 bits per heavy atom. The van der Waals surface area contributed by atoms with Crippen LogP contribution in [0.25, 0.3) is 0 Å². The summed E-state index contributed by atoms with van der Waals surface area (Å²) in [5.74, 6) is 0.957. The van der Waals surface area contributed by atoms with Gasteiger partial charge in [-0.15, -0.1) is 5.10 Å². The zero-order valence-corrected chi connectivity index (χ0v) is 6.30. The lowest BCUT2D eigenvalue weighted by Gasteiger charge is -2.30. The Kier molecular flexibility index (Phi) is 1.38. The Morgan fingerprint density at radius 2 is 2.36 bits per heavy atom. The van der Waals surface area contributed by atoms with Gasteiger partial charge in [-0.3, -0.25) is 0 Å². The molecule has 5 heteroatoms. The molecule has 2 atom stereocenters. The molecule has 5 nitrogen and oxygen atoms in total. The van der Waals surface area contributed by atoms with Crippen molar-refractivity contribution in [1.29, 1.82) is 0 Å². The molecule has 1 N–H and O–H groups in total. The predicted octanol–water partition coefficient (Wildman–Crippen LogP) is -0.552. The average Bonchev–Trinajstić information content (AvgIpc) is 2.34. The third-order valence-electron chi connectivity index (χ3n) is 2.22. The number of tetrazole rings is 1. The Hall–Kier alpha value is -0.970. The molecule has 1 aromatic heterocycles. The van der Waals surface area contributed by atoms with Gasteiger partial charge in [-0.05, 0) is 23.3 Å². The second-order valence-electron chi connectivity index (χ2n) is 2.91. The van der Waals surface area contributed by atoms with Gasteiger partial charge in [0.05, 0.1) is 6.10 Å². The number of nitrogens with zero attached hydrogens (tertiary/aromatic N) is 4. The van der Waals surface area contributed by atoms with Crippen LogP contribution in [0.3, 0.4) is 0 Å². The monoisotopic (exact) mass is 154 g/mol. The van der Waals surface area contributed by atoms with Crippen LogP contribution >= 0.6 is 0 Å². The quantitative estimate of drug-likeness (QED) is 0.589. The van der Waals surface area contributed by atoms with Gasteiger partial charge in [0, 0.05) is 13.0 Å². The standard InChI is InChI=1S/C6H10N4O/c1-10-6(7-8-9-10)4-2-3-5(4)11/h4-5,11H,2-3H2,1H3. The summed E-state index contributed by atoms with van der Waals surface area (Å²) in [7, 11) is 1.79. The van der Waals surface area contributed by atoms with Crippen LogP contribution in [0.4, 0.5) is 0 Å². The normalized spacial score (nSPS) is 30.0. The SMILES string of the molecule is Cn1nnnc1C1CCC1O. The van der Waals surface area contributed by atoms with E-state index in [9.17, 15) is 5.11 Å². The van der Waals surface area contributed by atoms with Gasteiger partial charge < -0.3 is 5.11 Å². The molecular weight excluding hydrogens is 144 g/mol. The Morgan fingerprint density at radius 3 is 2.73 bits per heavy atom. The van der Waals surface area contributed by atoms with E-state index in [4.69, 9.17) is 0 Å². The summed E-state index contributed by atoms with van der Waals surface area (Å²) in [6, 6.07) is 0. The van der Waals surface area contributed by atoms with Crippen LogP contribution in [0, 0.1) is 0 Å². The minimum atomic E-state index is -0.236. The van der Waals surface area contributed by atoms with Crippen LogP contribution in [0.1, 0.15) is 24.6 Å². The van der Waals surface area contributed by atoms with Crippen molar-refractivity contribution in [2.24, 2.45) is 7.05 Å². The molecule has 0 aromatic carbocycles. The summed E-state index contributed by atoms with van der Waals surface area (Å²) in [6.45, 7) is 0. The van der Waals surface area contributed by atoms with Crippen molar-refractivity contribution in [3.8, 4) is 0 Å². The number of aliphatic hydroxyl groups is 1. The van der Waals surface area contributed by atoms with E-state index in [-0.39, 0.29) is 12.0 Å². The van der Waals surface area contributed by atoms with Crippen LogP contribution in [0.5, 0.6) is 0 Å². The van der Waals surface area contributed by atoms with E-state index >= 15 is 0 Å². The van der Waals surface area contributed by atoms with E-state index in [1.165, 1.54) is 0 Å². The summed E-state index contributed by atoms with van der Waals surface area (Å²) >= 11 is 0. The number of hydrogen-bond acceptors (Lipinski definition) is 4. The maximum absolute atomic E-state index is 9.30. The first-order valence-corrected chi connectivity index (χ1v) is 3.69. The van der Waals surface area contributed by atoms with E-state index in [1.54, 1.807) is 11.7 Å². The second kappa shape index (κ2) is 2.27. The Bertz CT molecular complexity index is 259. The molecule has 0 radical (unpaired) electrons. The maximum Gasteiger partial charge on any atom is 0.156 e. The summed E-state index contributed by atoms with van der Waals surface area (Å²) < 4.78 is 1.62. The lowest BCUT2D eigenvalue weighted by Crippen LogP contribution is -2.31. The molecule has 1 heterocycles. The first-order chi connectivity index (χ1) is 5.29. The molecule has 0 spiro atoms. The van der Waals surface area contributed by atoms with Gasteiger partial charge in [-0.2, -0.15) is 0 Å². The van der Waals surface area contributed by atoms with Gasteiger partial charge in [-0.25, -0.2) is 4.68 Å². The van der Waals surface area contributed by atoms with Crippen molar-refractivity contribution >= 4 is 0 Å². The Balaban J connectivity index is 2.22. The minimum absolute atomic E-state index is 0.162. The van der Waals surface area contributed by atoms with Gasteiger partial charge in [0.2, 0.25) is 0 Å². The van der Waals surface area contributed by atoms with Crippen LogP contribution in [0.15, 0.2) is 0 Å². The van der Waals surface area contributed by atoms with Crippen molar-refractivity contribution in [3.63, 3.8) is 0 Å². The van der Waals surface area contributed by atoms with E-state index in [2.05, 4.69) is 15.5 Å². The fourth-order valence-corrected chi connectivity index (χ4v) is 1.33. The third-order valence-corrected chi connectivity index (χ3v) is 2.22. The van der Waals surface area contributed by atoms with Crippen LogP contribution in [-0.2, 0) is 7.05 Å². The molecular formula is C6H10N4O. The third kappa shape index (κ3) is 0.920. The zero-order valence-electron chi connectivity index (χ0n) is 6.30. The van der Waals surface area contributed by atoms with Crippen LogP contribution in [-0.4, -0.2) is 31.4 Å². The van der Waals surface area contributed by atoms with Gasteiger partial charge in [0.1, 0.15) is 0 Å². The number of hydrogen-bond donors (Lipinski definition) is 1. The largest absolute Gasteiger partial charge is 0.392 e. The highest BCUT2D eigenvalue weighted by Gasteiger charge is 2.33. The van der Waals surface area contributed by atoms with Crippen LogP contribution < -0.4 is 0 Å². The van der Waals surface area contributed by atoms with E-state index in [0.717, 1.165) is 18.7 Å². The molecule has 2 unspecified atom stereocenters. The molecule has 0 bridgehead atoms. The number of rotatable bonds is 1. The first kappa shape index (κ1) is 6.72. The maximum atomic E-state index is 9.30. The highest BCUT2D eigenvalue weighted by atomic mass is 16.3. The lowest BCUT2D eigenvalue weighted by molar-refractivity contribution is 0.0604.